The summed E-state index contributed by atoms with van der Waals surface area (Å²) < 4.78 is 5.44. The molecule has 1 aliphatic heterocycles. The predicted molar refractivity (Wildman–Crippen MR) is 119 cm³/mol. The van der Waals surface area contributed by atoms with Gasteiger partial charge < -0.3 is 15.0 Å². The molecule has 160 valence electrons. The van der Waals surface area contributed by atoms with Crippen molar-refractivity contribution in [1.29, 1.82) is 0 Å². The van der Waals surface area contributed by atoms with Crippen LogP contribution < -0.4 is 10.1 Å². The molecule has 5 heteroatoms. The SMILES string of the molecule is CCOc1ccc(CC(=O)N2CCC(NC(=O)c3ccc(C(C)C)cc3)CC2)cc1. The number of amides is 2. The van der Waals surface area contributed by atoms with Crippen molar-refractivity contribution in [2.75, 3.05) is 19.7 Å². The highest BCUT2D eigenvalue weighted by atomic mass is 16.5. The Morgan fingerprint density at radius 1 is 1.03 bits per heavy atom. The lowest BCUT2D eigenvalue weighted by Gasteiger charge is -2.32. The molecular formula is C25H32N2O3. The van der Waals surface area contributed by atoms with Gasteiger partial charge in [-0.25, -0.2) is 0 Å². The van der Waals surface area contributed by atoms with Crippen LogP contribution in [-0.2, 0) is 11.2 Å². The molecule has 2 amide bonds. The number of carbonyl (C=O) groups excluding carboxylic acids is 2. The van der Waals surface area contributed by atoms with E-state index in [4.69, 9.17) is 4.74 Å². The lowest BCUT2D eigenvalue weighted by molar-refractivity contribution is -0.131. The van der Waals surface area contributed by atoms with Gasteiger partial charge in [-0.05, 0) is 61.1 Å². The monoisotopic (exact) mass is 408 g/mol. The summed E-state index contributed by atoms with van der Waals surface area (Å²) >= 11 is 0. The highest BCUT2D eigenvalue weighted by Gasteiger charge is 2.24. The Kier molecular flexibility index (Phi) is 7.50. The van der Waals surface area contributed by atoms with Crippen LogP contribution in [0.1, 0.15) is 61.0 Å². The number of piperidine rings is 1. The van der Waals surface area contributed by atoms with E-state index in [0.29, 0.717) is 37.6 Å². The van der Waals surface area contributed by atoms with Crippen LogP contribution >= 0.6 is 0 Å². The first-order valence-electron chi connectivity index (χ1n) is 10.9. The Labute approximate surface area is 179 Å². The molecule has 30 heavy (non-hydrogen) atoms. The lowest BCUT2D eigenvalue weighted by atomic mass is 10.0. The summed E-state index contributed by atoms with van der Waals surface area (Å²) in [6.07, 6.45) is 1.96. The maximum atomic E-state index is 12.6. The van der Waals surface area contributed by atoms with Gasteiger partial charge in [0.25, 0.3) is 5.91 Å². The average molecular weight is 409 g/mol. The smallest absolute Gasteiger partial charge is 0.251 e. The second-order valence-electron chi connectivity index (χ2n) is 8.16. The van der Waals surface area contributed by atoms with Gasteiger partial charge >= 0.3 is 0 Å². The van der Waals surface area contributed by atoms with E-state index >= 15 is 0 Å². The molecule has 0 bridgehead atoms. The van der Waals surface area contributed by atoms with Crippen LogP contribution in [0.15, 0.2) is 48.5 Å². The van der Waals surface area contributed by atoms with E-state index in [0.717, 1.165) is 24.2 Å². The number of carbonyl (C=O) groups is 2. The van der Waals surface area contributed by atoms with Crippen molar-refractivity contribution < 1.29 is 14.3 Å². The maximum Gasteiger partial charge on any atom is 0.251 e. The summed E-state index contributed by atoms with van der Waals surface area (Å²) in [6.45, 7) is 8.21. The van der Waals surface area contributed by atoms with Gasteiger partial charge in [0.1, 0.15) is 5.75 Å². The van der Waals surface area contributed by atoms with Crippen molar-refractivity contribution in [2.24, 2.45) is 0 Å². The largest absolute Gasteiger partial charge is 0.494 e. The molecule has 0 aromatic heterocycles. The van der Waals surface area contributed by atoms with Crippen LogP contribution in [0.25, 0.3) is 0 Å². The second kappa shape index (κ2) is 10.3. The summed E-state index contributed by atoms with van der Waals surface area (Å²) in [5, 5.41) is 3.12. The van der Waals surface area contributed by atoms with Gasteiger partial charge in [0.05, 0.1) is 13.0 Å². The molecule has 1 heterocycles. The number of benzene rings is 2. The normalized spacial score (nSPS) is 14.6. The molecule has 0 saturated carbocycles. The molecular weight excluding hydrogens is 376 g/mol. The topological polar surface area (TPSA) is 58.6 Å². The molecule has 3 rings (SSSR count). The molecule has 0 spiro atoms. The van der Waals surface area contributed by atoms with Crippen molar-refractivity contribution >= 4 is 11.8 Å². The van der Waals surface area contributed by atoms with Crippen LogP contribution in [-0.4, -0.2) is 42.5 Å². The molecule has 1 N–H and O–H groups in total. The zero-order valence-corrected chi connectivity index (χ0v) is 18.2. The number of nitrogens with zero attached hydrogens (tertiary/aromatic N) is 1. The minimum absolute atomic E-state index is 0.0375. The third-order valence-corrected chi connectivity index (χ3v) is 5.61. The summed E-state index contributed by atoms with van der Waals surface area (Å²) in [7, 11) is 0. The second-order valence-corrected chi connectivity index (χ2v) is 8.16. The molecule has 0 unspecified atom stereocenters. The summed E-state index contributed by atoms with van der Waals surface area (Å²) in [4.78, 5) is 27.0. The highest BCUT2D eigenvalue weighted by Crippen LogP contribution is 2.17. The van der Waals surface area contributed by atoms with Gasteiger partial charge in [-0.3, -0.25) is 9.59 Å². The van der Waals surface area contributed by atoms with Crippen LogP contribution in [0.2, 0.25) is 0 Å². The van der Waals surface area contributed by atoms with E-state index in [2.05, 4.69) is 19.2 Å². The van der Waals surface area contributed by atoms with Crippen molar-refractivity contribution in [2.45, 2.75) is 52.0 Å². The first-order valence-corrected chi connectivity index (χ1v) is 10.9. The lowest BCUT2D eigenvalue weighted by Crippen LogP contribution is -2.47. The molecule has 1 saturated heterocycles. The van der Waals surface area contributed by atoms with E-state index in [1.54, 1.807) is 0 Å². The number of hydrogen-bond acceptors (Lipinski definition) is 3. The van der Waals surface area contributed by atoms with Gasteiger partial charge in [-0.2, -0.15) is 0 Å². The first kappa shape index (κ1) is 21.9. The average Bonchev–Trinajstić information content (AvgIpc) is 2.76. The van der Waals surface area contributed by atoms with Gasteiger partial charge in [0, 0.05) is 24.7 Å². The number of ether oxygens (including phenoxy) is 1. The Balaban J connectivity index is 1.45. The minimum atomic E-state index is -0.0375. The van der Waals surface area contributed by atoms with E-state index in [1.165, 1.54) is 5.56 Å². The molecule has 0 aliphatic carbocycles. The number of likely N-dealkylation sites (tertiary alicyclic amines) is 1. The minimum Gasteiger partial charge on any atom is -0.494 e. The van der Waals surface area contributed by atoms with E-state index in [1.807, 2.05) is 60.4 Å². The van der Waals surface area contributed by atoms with E-state index in [9.17, 15) is 9.59 Å². The van der Waals surface area contributed by atoms with Crippen molar-refractivity contribution in [3.05, 3.63) is 65.2 Å². The molecule has 1 aliphatic rings. The Morgan fingerprint density at radius 2 is 1.67 bits per heavy atom. The van der Waals surface area contributed by atoms with Gasteiger partial charge in [-0.1, -0.05) is 38.1 Å². The standard InChI is InChI=1S/C25H32N2O3/c1-4-30-23-11-5-19(6-12-23)17-24(28)27-15-13-22(14-16-27)26-25(29)21-9-7-20(8-10-21)18(2)3/h5-12,18,22H,4,13-17H2,1-3H3,(H,26,29). The first-order chi connectivity index (χ1) is 14.5. The zero-order chi connectivity index (χ0) is 21.5. The molecule has 0 radical (unpaired) electrons. The fraction of sp³-hybridized carbons (Fsp3) is 0.440. The van der Waals surface area contributed by atoms with Crippen molar-refractivity contribution in [3.63, 3.8) is 0 Å². The Hall–Kier alpha value is -2.82. The number of rotatable bonds is 7. The molecule has 2 aromatic carbocycles. The summed E-state index contributed by atoms with van der Waals surface area (Å²) in [5.74, 6) is 1.37. The fourth-order valence-corrected chi connectivity index (χ4v) is 3.72. The zero-order valence-electron chi connectivity index (χ0n) is 18.2. The molecule has 0 atom stereocenters. The van der Waals surface area contributed by atoms with Crippen molar-refractivity contribution in [3.8, 4) is 5.75 Å². The van der Waals surface area contributed by atoms with Gasteiger partial charge in [0.2, 0.25) is 5.91 Å². The van der Waals surface area contributed by atoms with Crippen LogP contribution in [0.3, 0.4) is 0 Å². The Morgan fingerprint density at radius 3 is 2.23 bits per heavy atom. The van der Waals surface area contributed by atoms with E-state index in [-0.39, 0.29) is 17.9 Å². The maximum absolute atomic E-state index is 12.6. The summed E-state index contributed by atoms with van der Waals surface area (Å²) in [5.41, 5.74) is 2.91. The number of nitrogens with one attached hydrogen (secondary N) is 1. The molecule has 2 aromatic rings. The van der Waals surface area contributed by atoms with Crippen molar-refractivity contribution in [1.82, 2.24) is 10.2 Å². The third kappa shape index (κ3) is 5.85. The van der Waals surface area contributed by atoms with Gasteiger partial charge in [0.15, 0.2) is 0 Å². The highest BCUT2D eigenvalue weighted by molar-refractivity contribution is 5.94. The molecule has 1 fully saturated rings. The summed E-state index contributed by atoms with van der Waals surface area (Å²) in [6, 6.07) is 15.6. The predicted octanol–water partition coefficient (Wildman–Crippen LogP) is 4.17. The third-order valence-electron chi connectivity index (χ3n) is 5.61. The number of hydrogen-bond donors (Lipinski definition) is 1. The molecule has 5 nitrogen and oxygen atoms in total. The quantitative estimate of drug-likeness (QED) is 0.748. The fourth-order valence-electron chi connectivity index (χ4n) is 3.72. The van der Waals surface area contributed by atoms with E-state index < -0.39 is 0 Å². The van der Waals surface area contributed by atoms with Crippen LogP contribution in [0.4, 0.5) is 0 Å². The van der Waals surface area contributed by atoms with Crippen LogP contribution in [0.5, 0.6) is 5.75 Å². The van der Waals surface area contributed by atoms with Crippen LogP contribution in [0, 0.1) is 0 Å². The Bertz CT molecular complexity index is 836. The van der Waals surface area contributed by atoms with Gasteiger partial charge in [-0.15, -0.1) is 0 Å².